The fraction of sp³-hybridized carbons (Fsp3) is 0.923. The second-order valence-corrected chi connectivity index (χ2v) is 8.51. The number of rotatable bonds is 1. The summed E-state index contributed by atoms with van der Waals surface area (Å²) in [5.41, 5.74) is -0.130. The van der Waals surface area contributed by atoms with Crippen LogP contribution in [0.1, 0.15) is 46.5 Å². The van der Waals surface area contributed by atoms with Crippen LogP contribution in [-0.2, 0) is 14.8 Å². The highest BCUT2D eigenvalue weighted by Crippen LogP contribution is 2.69. The largest absolute Gasteiger partial charge is 0.274 e. The Balaban J connectivity index is 2.11. The van der Waals surface area contributed by atoms with Crippen molar-refractivity contribution in [3.8, 4) is 0 Å². The molecule has 0 unspecified atom stereocenters. The molecule has 2 saturated carbocycles. The Hall–Kier alpha value is -0.580. The van der Waals surface area contributed by atoms with Crippen LogP contribution in [0, 0.1) is 16.7 Å². The van der Waals surface area contributed by atoms with Gasteiger partial charge in [-0.3, -0.25) is 4.79 Å². The van der Waals surface area contributed by atoms with Crippen molar-refractivity contribution in [3.05, 3.63) is 0 Å². The Morgan fingerprint density at radius 3 is 2.61 bits per heavy atom. The third kappa shape index (κ3) is 1.17. The monoisotopic (exact) mass is 271 g/mol. The van der Waals surface area contributed by atoms with E-state index in [-0.39, 0.29) is 35.0 Å². The molecule has 3 atom stereocenters. The maximum Gasteiger partial charge on any atom is 0.238 e. The van der Waals surface area contributed by atoms with E-state index in [1.165, 1.54) is 4.31 Å². The predicted octanol–water partition coefficient (Wildman–Crippen LogP) is 1.76. The highest BCUT2D eigenvalue weighted by atomic mass is 32.2. The number of hydrogen-bond donors (Lipinski definition) is 0. The van der Waals surface area contributed by atoms with Crippen molar-refractivity contribution in [2.24, 2.45) is 16.7 Å². The second kappa shape index (κ2) is 3.30. The zero-order chi connectivity index (χ0) is 13.3. The van der Waals surface area contributed by atoms with Crippen molar-refractivity contribution in [2.45, 2.75) is 52.5 Å². The molecule has 3 rings (SSSR count). The van der Waals surface area contributed by atoms with Crippen LogP contribution in [0.25, 0.3) is 0 Å². The lowest BCUT2D eigenvalue weighted by molar-refractivity contribution is -0.128. The van der Waals surface area contributed by atoms with Crippen LogP contribution in [0.2, 0.25) is 0 Å². The Bertz CT molecular complexity index is 510. The Morgan fingerprint density at radius 1 is 1.39 bits per heavy atom. The van der Waals surface area contributed by atoms with Crippen LogP contribution in [0.4, 0.5) is 0 Å². The maximum absolute atomic E-state index is 12.4. The molecule has 2 bridgehead atoms. The summed E-state index contributed by atoms with van der Waals surface area (Å²) in [6.45, 7) is 6.13. The summed E-state index contributed by atoms with van der Waals surface area (Å²) < 4.78 is 25.9. The Labute approximate surface area is 109 Å². The van der Waals surface area contributed by atoms with Crippen LogP contribution in [-0.4, -0.2) is 30.4 Å². The van der Waals surface area contributed by atoms with Gasteiger partial charge in [0.1, 0.15) is 0 Å². The number of sulfonamides is 1. The average Bonchev–Trinajstić information content (AvgIpc) is 2.74. The SMILES string of the molecule is CCC(=O)N1[C@H]2C[C@H]3CC[C@]2(CS1(=O)=O)C3(C)C. The van der Waals surface area contributed by atoms with E-state index in [1.54, 1.807) is 6.92 Å². The van der Waals surface area contributed by atoms with E-state index >= 15 is 0 Å². The average molecular weight is 271 g/mol. The summed E-state index contributed by atoms with van der Waals surface area (Å²) in [5.74, 6) is 0.533. The predicted molar refractivity (Wildman–Crippen MR) is 68.3 cm³/mol. The highest BCUT2D eigenvalue weighted by molar-refractivity contribution is 7.90. The normalized spacial score (nSPS) is 43.2. The molecule has 0 N–H and O–H groups in total. The molecule has 0 aromatic rings. The molecule has 1 heterocycles. The minimum absolute atomic E-state index is 0.0491. The van der Waals surface area contributed by atoms with E-state index in [1.807, 2.05) is 0 Å². The summed E-state index contributed by atoms with van der Waals surface area (Å²) in [7, 11) is -3.39. The zero-order valence-corrected chi connectivity index (χ0v) is 12.1. The topological polar surface area (TPSA) is 54.5 Å². The molecule has 1 aliphatic heterocycles. The molecule has 3 fully saturated rings. The maximum atomic E-state index is 12.4. The van der Waals surface area contributed by atoms with Gasteiger partial charge in [-0.15, -0.1) is 0 Å². The lowest BCUT2D eigenvalue weighted by atomic mass is 9.69. The minimum atomic E-state index is -3.39. The first-order chi connectivity index (χ1) is 8.26. The summed E-state index contributed by atoms with van der Waals surface area (Å²) in [6.07, 6.45) is 3.23. The van der Waals surface area contributed by atoms with Crippen molar-refractivity contribution in [1.82, 2.24) is 4.31 Å². The van der Waals surface area contributed by atoms with E-state index in [0.717, 1.165) is 19.3 Å². The summed E-state index contributed by atoms with van der Waals surface area (Å²) in [6, 6.07) is -0.0660. The second-order valence-electron chi connectivity index (χ2n) is 6.66. The van der Waals surface area contributed by atoms with Gasteiger partial charge in [-0.1, -0.05) is 20.8 Å². The smallest absolute Gasteiger partial charge is 0.238 e. The Kier molecular flexibility index (Phi) is 2.28. The van der Waals surface area contributed by atoms with Gasteiger partial charge in [-0.05, 0) is 30.6 Å². The summed E-state index contributed by atoms with van der Waals surface area (Å²) >= 11 is 0. The first-order valence-corrected chi connectivity index (χ1v) is 8.42. The molecule has 0 aromatic carbocycles. The van der Waals surface area contributed by atoms with E-state index in [9.17, 15) is 13.2 Å². The van der Waals surface area contributed by atoms with E-state index in [2.05, 4.69) is 13.8 Å². The molecule has 5 heteroatoms. The molecule has 3 aliphatic rings. The quantitative estimate of drug-likeness (QED) is 0.730. The molecule has 1 amide bonds. The number of carbonyl (C=O) groups excluding carboxylic acids is 1. The van der Waals surface area contributed by atoms with Gasteiger partial charge >= 0.3 is 0 Å². The lowest BCUT2D eigenvalue weighted by Crippen LogP contribution is -2.43. The third-order valence-electron chi connectivity index (χ3n) is 5.96. The first kappa shape index (κ1) is 12.5. The van der Waals surface area contributed by atoms with Gasteiger partial charge in [0.25, 0.3) is 0 Å². The molecular weight excluding hydrogens is 250 g/mol. The van der Waals surface area contributed by atoms with Crippen molar-refractivity contribution in [2.75, 3.05) is 5.75 Å². The van der Waals surface area contributed by atoms with Gasteiger partial charge in [0.15, 0.2) is 0 Å². The first-order valence-electron chi connectivity index (χ1n) is 6.81. The van der Waals surface area contributed by atoms with Crippen LogP contribution in [0.3, 0.4) is 0 Å². The lowest BCUT2D eigenvalue weighted by Gasteiger charge is -2.37. The van der Waals surface area contributed by atoms with Crippen molar-refractivity contribution < 1.29 is 13.2 Å². The number of nitrogens with zero attached hydrogens (tertiary/aromatic N) is 1. The fourth-order valence-corrected chi connectivity index (χ4v) is 7.39. The van der Waals surface area contributed by atoms with Gasteiger partial charge in [0.05, 0.1) is 11.8 Å². The molecule has 102 valence electrons. The molecule has 18 heavy (non-hydrogen) atoms. The molecule has 0 aromatic heterocycles. The van der Waals surface area contributed by atoms with E-state index in [4.69, 9.17) is 0 Å². The highest BCUT2D eigenvalue weighted by Gasteiger charge is 2.72. The van der Waals surface area contributed by atoms with E-state index < -0.39 is 10.0 Å². The number of hydrogen-bond acceptors (Lipinski definition) is 3. The molecule has 1 saturated heterocycles. The third-order valence-corrected chi connectivity index (χ3v) is 7.90. The minimum Gasteiger partial charge on any atom is -0.274 e. The number of fused-ring (bicyclic) bond motifs is 1. The van der Waals surface area contributed by atoms with Crippen LogP contribution in [0.5, 0.6) is 0 Å². The molecule has 2 aliphatic carbocycles. The van der Waals surface area contributed by atoms with Gasteiger partial charge in [0.2, 0.25) is 15.9 Å². The summed E-state index contributed by atoms with van der Waals surface area (Å²) in [4.78, 5) is 12.0. The molecule has 1 spiro atoms. The van der Waals surface area contributed by atoms with Crippen LogP contribution < -0.4 is 0 Å². The Morgan fingerprint density at radius 2 is 2.06 bits per heavy atom. The van der Waals surface area contributed by atoms with Gasteiger partial charge in [-0.25, -0.2) is 12.7 Å². The van der Waals surface area contributed by atoms with Crippen molar-refractivity contribution >= 4 is 15.9 Å². The van der Waals surface area contributed by atoms with Gasteiger partial charge < -0.3 is 0 Å². The zero-order valence-electron chi connectivity index (χ0n) is 11.3. The van der Waals surface area contributed by atoms with Crippen molar-refractivity contribution in [1.29, 1.82) is 0 Å². The van der Waals surface area contributed by atoms with E-state index in [0.29, 0.717) is 5.92 Å². The van der Waals surface area contributed by atoms with Crippen LogP contribution in [0.15, 0.2) is 0 Å². The van der Waals surface area contributed by atoms with Crippen LogP contribution >= 0.6 is 0 Å². The van der Waals surface area contributed by atoms with Crippen molar-refractivity contribution in [3.63, 3.8) is 0 Å². The van der Waals surface area contributed by atoms with Gasteiger partial charge in [-0.2, -0.15) is 0 Å². The standard InChI is InChI=1S/C13H21NO3S/c1-4-11(15)14-10-7-9-5-6-13(10,12(9,2)3)8-18(14,16)17/h9-10H,4-8H2,1-3H3/t9-,10+,13-/m1/s1. The molecule has 4 nitrogen and oxygen atoms in total. The molecule has 0 radical (unpaired) electrons. The summed E-state index contributed by atoms with van der Waals surface area (Å²) in [5, 5.41) is 0. The molecular formula is C13H21NO3S. The number of carbonyl (C=O) groups is 1. The fourth-order valence-electron chi connectivity index (χ4n) is 4.77. The van der Waals surface area contributed by atoms with Gasteiger partial charge in [0, 0.05) is 11.8 Å². The number of amides is 1.